The van der Waals surface area contributed by atoms with Crippen molar-refractivity contribution in [2.45, 2.75) is 32.4 Å². The van der Waals surface area contributed by atoms with E-state index in [1.165, 1.54) is 0 Å². The Morgan fingerprint density at radius 1 is 1.43 bits per heavy atom. The minimum Gasteiger partial charge on any atom is -0.481 e. The average Bonchev–Trinajstić information content (AvgIpc) is 2.90. The summed E-state index contributed by atoms with van der Waals surface area (Å²) in [6.45, 7) is 4.88. The number of carbonyl (C=O) groups is 2. The number of aliphatic carboxylic acids is 1. The summed E-state index contributed by atoms with van der Waals surface area (Å²) in [6.07, 6.45) is 2.39. The Balaban J connectivity index is 2.00. The number of hydrogen-bond acceptors (Lipinski definition) is 4. The van der Waals surface area contributed by atoms with E-state index in [9.17, 15) is 9.59 Å². The standard InChI is InChI=1S/C16H24N4O3/c1-11(2)20(8-6-12-5-3-4-7-18-12)16(23)19-9-13(15(21)22)14(17)10-19/h3-5,7,11,13-14H,6,8-10,17H2,1-2H3,(H,21,22)/t13-,14+/m0/s1. The van der Waals surface area contributed by atoms with Gasteiger partial charge in [0.2, 0.25) is 0 Å². The highest BCUT2D eigenvalue weighted by molar-refractivity contribution is 5.78. The van der Waals surface area contributed by atoms with E-state index in [2.05, 4.69) is 4.98 Å². The maximum Gasteiger partial charge on any atom is 0.320 e. The fourth-order valence-corrected chi connectivity index (χ4v) is 2.78. The molecule has 2 rings (SSSR count). The number of carboxylic acid groups (broad SMARTS) is 1. The van der Waals surface area contributed by atoms with Crippen LogP contribution in [0.1, 0.15) is 19.5 Å². The summed E-state index contributed by atoms with van der Waals surface area (Å²) in [5, 5.41) is 9.14. The number of carbonyl (C=O) groups excluding carboxylic acids is 1. The van der Waals surface area contributed by atoms with E-state index in [4.69, 9.17) is 10.8 Å². The van der Waals surface area contributed by atoms with Gasteiger partial charge < -0.3 is 20.6 Å². The number of nitrogens with two attached hydrogens (primary N) is 1. The van der Waals surface area contributed by atoms with E-state index >= 15 is 0 Å². The number of nitrogens with zero attached hydrogens (tertiary/aromatic N) is 3. The second kappa shape index (κ2) is 7.41. The van der Waals surface area contributed by atoms with Crippen LogP contribution < -0.4 is 5.73 Å². The van der Waals surface area contributed by atoms with Crippen molar-refractivity contribution in [3.63, 3.8) is 0 Å². The van der Waals surface area contributed by atoms with E-state index in [1.54, 1.807) is 16.0 Å². The topological polar surface area (TPSA) is 99.8 Å². The number of urea groups is 1. The van der Waals surface area contributed by atoms with Gasteiger partial charge in [-0.1, -0.05) is 6.07 Å². The maximum atomic E-state index is 12.7. The van der Waals surface area contributed by atoms with Crippen LogP contribution in [-0.2, 0) is 11.2 Å². The number of carboxylic acids is 1. The molecule has 2 atom stereocenters. The van der Waals surface area contributed by atoms with Gasteiger partial charge in [0, 0.05) is 50.0 Å². The molecule has 0 aliphatic carbocycles. The van der Waals surface area contributed by atoms with Crippen LogP contribution in [0.2, 0.25) is 0 Å². The van der Waals surface area contributed by atoms with Crippen LogP contribution in [0.15, 0.2) is 24.4 Å². The minimum absolute atomic E-state index is 0.0197. The van der Waals surface area contributed by atoms with Crippen LogP contribution in [0.25, 0.3) is 0 Å². The second-order valence-electron chi connectivity index (χ2n) is 6.15. The lowest BCUT2D eigenvalue weighted by molar-refractivity contribution is -0.141. The quantitative estimate of drug-likeness (QED) is 0.836. The number of aromatic nitrogens is 1. The summed E-state index contributed by atoms with van der Waals surface area (Å²) in [4.78, 5) is 31.4. The fraction of sp³-hybridized carbons (Fsp3) is 0.562. The van der Waals surface area contributed by atoms with Gasteiger partial charge in [-0.3, -0.25) is 9.78 Å². The predicted octanol–water partition coefficient (Wildman–Crippen LogP) is 0.798. The normalized spacial score (nSPS) is 20.8. The van der Waals surface area contributed by atoms with Crippen molar-refractivity contribution in [2.24, 2.45) is 11.7 Å². The van der Waals surface area contributed by atoms with Gasteiger partial charge >= 0.3 is 12.0 Å². The lowest BCUT2D eigenvalue weighted by Gasteiger charge is -2.31. The maximum absolute atomic E-state index is 12.7. The molecule has 7 nitrogen and oxygen atoms in total. The zero-order valence-electron chi connectivity index (χ0n) is 13.6. The third-order valence-electron chi connectivity index (χ3n) is 4.16. The Kier molecular flexibility index (Phi) is 5.54. The molecule has 1 aliphatic heterocycles. The Labute approximate surface area is 136 Å². The molecular weight excluding hydrogens is 296 g/mol. The van der Waals surface area contributed by atoms with Crippen LogP contribution in [0, 0.1) is 5.92 Å². The largest absolute Gasteiger partial charge is 0.481 e. The number of pyridine rings is 1. The highest BCUT2D eigenvalue weighted by atomic mass is 16.4. The molecule has 3 N–H and O–H groups in total. The SMILES string of the molecule is CC(C)N(CCc1ccccn1)C(=O)N1C[C@@H](N)[C@@H](C(=O)O)C1. The Bertz CT molecular complexity index is 550. The molecule has 0 unspecified atom stereocenters. The minimum atomic E-state index is -0.947. The molecule has 0 spiro atoms. The molecule has 1 fully saturated rings. The van der Waals surface area contributed by atoms with Crippen LogP contribution in [-0.4, -0.2) is 63.6 Å². The molecule has 1 aromatic rings. The first-order chi connectivity index (χ1) is 10.9. The van der Waals surface area contributed by atoms with Crippen molar-refractivity contribution in [1.29, 1.82) is 0 Å². The molecule has 2 heterocycles. The van der Waals surface area contributed by atoms with Crippen LogP contribution in [0.5, 0.6) is 0 Å². The monoisotopic (exact) mass is 320 g/mol. The highest BCUT2D eigenvalue weighted by Crippen LogP contribution is 2.18. The first-order valence-corrected chi connectivity index (χ1v) is 7.84. The van der Waals surface area contributed by atoms with Gasteiger partial charge in [0.25, 0.3) is 0 Å². The summed E-state index contributed by atoms with van der Waals surface area (Å²) in [5.74, 6) is -1.64. The van der Waals surface area contributed by atoms with E-state index in [-0.39, 0.29) is 25.2 Å². The van der Waals surface area contributed by atoms with Gasteiger partial charge in [-0.25, -0.2) is 4.79 Å². The molecule has 0 bridgehead atoms. The van der Waals surface area contributed by atoms with Crippen LogP contribution in [0.4, 0.5) is 4.79 Å². The second-order valence-corrected chi connectivity index (χ2v) is 6.15. The Morgan fingerprint density at radius 2 is 2.17 bits per heavy atom. The Morgan fingerprint density at radius 3 is 2.70 bits per heavy atom. The van der Waals surface area contributed by atoms with Crippen LogP contribution in [0.3, 0.4) is 0 Å². The Hall–Kier alpha value is -2.15. The first kappa shape index (κ1) is 17.2. The molecule has 1 aromatic heterocycles. The zero-order valence-corrected chi connectivity index (χ0v) is 13.6. The lowest BCUT2D eigenvalue weighted by Crippen LogP contribution is -2.47. The van der Waals surface area contributed by atoms with Gasteiger partial charge in [0.15, 0.2) is 0 Å². The molecule has 126 valence electrons. The van der Waals surface area contributed by atoms with E-state index in [1.807, 2.05) is 32.0 Å². The van der Waals surface area contributed by atoms with Gasteiger partial charge in [-0.2, -0.15) is 0 Å². The number of rotatable bonds is 5. The van der Waals surface area contributed by atoms with Gasteiger partial charge in [0.05, 0.1) is 5.92 Å². The third-order valence-corrected chi connectivity index (χ3v) is 4.16. The number of hydrogen-bond donors (Lipinski definition) is 2. The predicted molar refractivity (Wildman–Crippen MR) is 85.9 cm³/mol. The van der Waals surface area contributed by atoms with Crippen molar-refractivity contribution in [3.8, 4) is 0 Å². The molecule has 2 amide bonds. The summed E-state index contributed by atoms with van der Waals surface area (Å²) < 4.78 is 0. The summed E-state index contributed by atoms with van der Waals surface area (Å²) >= 11 is 0. The third kappa shape index (κ3) is 4.19. The lowest BCUT2D eigenvalue weighted by atomic mass is 10.1. The van der Waals surface area contributed by atoms with E-state index in [0.717, 1.165) is 5.69 Å². The van der Waals surface area contributed by atoms with Gasteiger partial charge in [-0.15, -0.1) is 0 Å². The van der Waals surface area contributed by atoms with Crippen molar-refractivity contribution >= 4 is 12.0 Å². The molecular formula is C16H24N4O3. The van der Waals surface area contributed by atoms with Crippen molar-refractivity contribution in [3.05, 3.63) is 30.1 Å². The summed E-state index contributed by atoms with van der Waals surface area (Å²) in [5.41, 5.74) is 6.77. The summed E-state index contributed by atoms with van der Waals surface area (Å²) in [7, 11) is 0. The molecule has 0 saturated carbocycles. The molecule has 1 aliphatic rings. The van der Waals surface area contributed by atoms with Crippen molar-refractivity contribution < 1.29 is 14.7 Å². The smallest absolute Gasteiger partial charge is 0.320 e. The molecule has 1 saturated heterocycles. The van der Waals surface area contributed by atoms with E-state index in [0.29, 0.717) is 13.0 Å². The molecule has 0 radical (unpaired) electrons. The van der Waals surface area contributed by atoms with Gasteiger partial charge in [0.1, 0.15) is 0 Å². The molecule has 0 aromatic carbocycles. The van der Waals surface area contributed by atoms with Gasteiger partial charge in [-0.05, 0) is 26.0 Å². The first-order valence-electron chi connectivity index (χ1n) is 7.84. The highest BCUT2D eigenvalue weighted by Gasteiger charge is 2.39. The fourth-order valence-electron chi connectivity index (χ4n) is 2.78. The summed E-state index contributed by atoms with van der Waals surface area (Å²) in [6, 6.07) is 5.05. The van der Waals surface area contributed by atoms with Crippen molar-refractivity contribution in [1.82, 2.24) is 14.8 Å². The molecule has 23 heavy (non-hydrogen) atoms. The zero-order chi connectivity index (χ0) is 17.0. The van der Waals surface area contributed by atoms with Crippen LogP contribution >= 0.6 is 0 Å². The van der Waals surface area contributed by atoms with E-state index < -0.39 is 17.9 Å². The average molecular weight is 320 g/mol. The number of likely N-dealkylation sites (tertiary alicyclic amines) is 1. The molecule has 7 heteroatoms. The van der Waals surface area contributed by atoms with Crippen molar-refractivity contribution in [2.75, 3.05) is 19.6 Å². The number of amides is 2.